The van der Waals surface area contributed by atoms with Gasteiger partial charge in [0, 0.05) is 27.1 Å². The molecule has 4 aromatic rings. The molecular formula is C29H31N. The van der Waals surface area contributed by atoms with Crippen molar-refractivity contribution in [3.8, 4) is 16.8 Å². The molecule has 0 spiro atoms. The first-order chi connectivity index (χ1) is 14.6. The molecule has 1 heteroatoms. The molecule has 152 valence electrons. The van der Waals surface area contributed by atoms with Gasteiger partial charge in [-0.1, -0.05) is 88.4 Å². The van der Waals surface area contributed by atoms with Crippen molar-refractivity contribution in [2.24, 2.45) is 0 Å². The zero-order chi connectivity index (χ0) is 21.5. The molecule has 30 heavy (non-hydrogen) atoms. The second-order valence-electron chi connectivity index (χ2n) is 8.13. The molecule has 0 N–H and O–H groups in total. The highest BCUT2D eigenvalue weighted by atomic mass is 15.0. The van der Waals surface area contributed by atoms with Crippen LogP contribution >= 0.6 is 0 Å². The molecule has 0 amide bonds. The summed E-state index contributed by atoms with van der Waals surface area (Å²) in [6, 6.07) is 24.5. The lowest BCUT2D eigenvalue weighted by Crippen LogP contribution is -2.28. The lowest BCUT2D eigenvalue weighted by molar-refractivity contribution is 0.659. The van der Waals surface area contributed by atoms with Crippen LogP contribution in [0.2, 0.25) is 0 Å². The molecule has 1 aliphatic rings. The first-order valence-electron chi connectivity index (χ1n) is 11.0. The predicted octanol–water partition coefficient (Wildman–Crippen LogP) is 6.56. The van der Waals surface area contributed by atoms with E-state index in [0.717, 1.165) is 0 Å². The van der Waals surface area contributed by atoms with Gasteiger partial charge in [-0.2, -0.15) is 0 Å². The van der Waals surface area contributed by atoms with Gasteiger partial charge >= 0.3 is 0 Å². The zero-order valence-electron chi connectivity index (χ0n) is 19.0. The van der Waals surface area contributed by atoms with Crippen molar-refractivity contribution in [1.29, 1.82) is 0 Å². The van der Waals surface area contributed by atoms with E-state index in [4.69, 9.17) is 0 Å². The molecule has 0 aliphatic heterocycles. The second kappa shape index (κ2) is 7.65. The van der Waals surface area contributed by atoms with Crippen LogP contribution in [0.3, 0.4) is 0 Å². The van der Waals surface area contributed by atoms with Gasteiger partial charge in [0.2, 0.25) is 0 Å². The third-order valence-corrected chi connectivity index (χ3v) is 6.34. The Kier molecular flexibility index (Phi) is 5.15. The maximum atomic E-state index is 2.41. The lowest BCUT2D eigenvalue weighted by atomic mass is 9.82. The minimum Gasteiger partial charge on any atom is -0.310 e. The number of benzene rings is 3. The molecule has 0 atom stereocenters. The van der Waals surface area contributed by atoms with E-state index in [1.165, 1.54) is 49.4 Å². The number of nitrogens with zero attached hydrogens (tertiary/aromatic N) is 1. The Morgan fingerprint density at radius 1 is 0.733 bits per heavy atom. The minimum atomic E-state index is 0.0146. The van der Waals surface area contributed by atoms with Crippen molar-refractivity contribution in [3.63, 3.8) is 0 Å². The van der Waals surface area contributed by atoms with E-state index in [1.54, 1.807) is 0 Å². The molecular weight excluding hydrogens is 362 g/mol. The highest BCUT2D eigenvalue weighted by Crippen LogP contribution is 2.48. The number of hydrogen-bond acceptors (Lipinski definition) is 0. The van der Waals surface area contributed by atoms with Crippen molar-refractivity contribution in [2.45, 2.75) is 47.0 Å². The normalized spacial score (nSPS) is 15.0. The Morgan fingerprint density at radius 3 is 2.13 bits per heavy atom. The van der Waals surface area contributed by atoms with Crippen LogP contribution in [0.15, 0.2) is 66.7 Å². The van der Waals surface area contributed by atoms with Gasteiger partial charge in [-0.15, -0.1) is 0 Å². The van der Waals surface area contributed by atoms with E-state index < -0.39 is 0 Å². The van der Waals surface area contributed by atoms with Gasteiger partial charge in [-0.3, -0.25) is 0 Å². The van der Waals surface area contributed by atoms with Gasteiger partial charge < -0.3 is 4.57 Å². The fraction of sp³-hybridized carbons (Fsp3) is 0.241. The number of fused-ring (bicyclic) bond motifs is 4. The van der Waals surface area contributed by atoms with Crippen molar-refractivity contribution in [1.82, 2.24) is 4.57 Å². The van der Waals surface area contributed by atoms with Gasteiger partial charge in [0.1, 0.15) is 0 Å². The summed E-state index contributed by atoms with van der Waals surface area (Å²) in [6.45, 7) is 12.9. The van der Waals surface area contributed by atoms with Crippen molar-refractivity contribution >= 4 is 23.1 Å². The molecule has 0 saturated carbocycles. The first-order valence-corrected chi connectivity index (χ1v) is 11.0. The van der Waals surface area contributed by atoms with Crippen molar-refractivity contribution in [3.05, 3.63) is 88.4 Å². The van der Waals surface area contributed by atoms with Gasteiger partial charge in [-0.25, -0.2) is 0 Å². The van der Waals surface area contributed by atoms with Crippen LogP contribution in [-0.4, -0.2) is 4.57 Å². The molecule has 3 aromatic carbocycles. The Hall–Kier alpha value is -3.06. The van der Waals surface area contributed by atoms with Gasteiger partial charge in [-0.05, 0) is 54.3 Å². The molecule has 0 fully saturated rings. The van der Waals surface area contributed by atoms with Crippen LogP contribution in [0.5, 0.6) is 0 Å². The molecule has 0 saturated heterocycles. The summed E-state index contributed by atoms with van der Waals surface area (Å²) in [5.74, 6) is 0. The van der Waals surface area contributed by atoms with E-state index in [9.17, 15) is 0 Å². The van der Waals surface area contributed by atoms with Gasteiger partial charge in [0.05, 0.1) is 5.52 Å². The molecule has 0 bridgehead atoms. The Labute approximate surface area is 180 Å². The van der Waals surface area contributed by atoms with E-state index >= 15 is 0 Å². The summed E-state index contributed by atoms with van der Waals surface area (Å²) in [5, 5.41) is 3.87. The van der Waals surface area contributed by atoms with Crippen molar-refractivity contribution < 1.29 is 0 Å². The summed E-state index contributed by atoms with van der Waals surface area (Å²) < 4.78 is 2.41. The third kappa shape index (κ3) is 2.76. The van der Waals surface area contributed by atoms with Crippen LogP contribution in [-0.2, 0) is 5.41 Å². The number of rotatable bonds is 1. The largest absolute Gasteiger partial charge is 0.310 e. The SMILES string of the molecule is C/C=c1\c(=C/C)n(-c2ccc3c(c2)C(C)(C)c2ccccc2-3)c2ccccc12.CC. The Balaban J connectivity index is 0.00000106. The van der Waals surface area contributed by atoms with E-state index in [2.05, 4.69) is 111 Å². The Morgan fingerprint density at radius 2 is 1.40 bits per heavy atom. The fourth-order valence-electron chi connectivity index (χ4n) is 4.98. The monoisotopic (exact) mass is 393 g/mol. The maximum Gasteiger partial charge on any atom is 0.0540 e. The molecule has 5 rings (SSSR count). The number of para-hydroxylation sites is 1. The highest BCUT2D eigenvalue weighted by molar-refractivity contribution is 5.85. The summed E-state index contributed by atoms with van der Waals surface area (Å²) in [5.41, 5.74) is 8.08. The fourth-order valence-corrected chi connectivity index (χ4v) is 4.98. The number of aromatic nitrogens is 1. The zero-order valence-corrected chi connectivity index (χ0v) is 19.0. The van der Waals surface area contributed by atoms with E-state index in [-0.39, 0.29) is 5.41 Å². The van der Waals surface area contributed by atoms with E-state index in [0.29, 0.717) is 0 Å². The average Bonchev–Trinajstić information content (AvgIpc) is 3.24. The molecule has 1 aromatic heterocycles. The number of hydrogen-bond donors (Lipinski definition) is 0. The second-order valence-corrected chi connectivity index (χ2v) is 8.13. The maximum absolute atomic E-state index is 2.41. The predicted molar refractivity (Wildman–Crippen MR) is 132 cm³/mol. The van der Waals surface area contributed by atoms with Crippen molar-refractivity contribution in [2.75, 3.05) is 0 Å². The van der Waals surface area contributed by atoms with Gasteiger partial charge in [0.25, 0.3) is 0 Å². The quantitative estimate of drug-likeness (QED) is 0.345. The van der Waals surface area contributed by atoms with Gasteiger partial charge in [0.15, 0.2) is 0 Å². The van der Waals surface area contributed by atoms with Crippen LogP contribution in [0, 0.1) is 0 Å². The summed E-state index contributed by atoms with van der Waals surface area (Å²) >= 11 is 0. The third-order valence-electron chi connectivity index (χ3n) is 6.34. The molecule has 1 heterocycles. The van der Waals surface area contributed by atoms with E-state index in [1.807, 2.05) is 13.8 Å². The average molecular weight is 394 g/mol. The standard InChI is InChI=1S/C27H25N.C2H6/c1-5-19-22-12-8-10-14-26(22)28(25(19)6-2)18-15-16-21-20-11-7-9-13-23(20)27(3,4)24(21)17-18;1-2/h5-17H,1-4H3;1-2H3/b19-5-,25-6+;. The summed E-state index contributed by atoms with van der Waals surface area (Å²) in [4.78, 5) is 0. The summed E-state index contributed by atoms with van der Waals surface area (Å²) in [6.07, 6.45) is 4.45. The Bertz CT molecular complexity index is 1350. The topological polar surface area (TPSA) is 4.93 Å². The highest BCUT2D eigenvalue weighted by Gasteiger charge is 2.35. The minimum absolute atomic E-state index is 0.0146. The lowest BCUT2D eigenvalue weighted by Gasteiger charge is -2.22. The van der Waals surface area contributed by atoms with Crippen LogP contribution in [0.1, 0.15) is 52.7 Å². The molecule has 1 nitrogen and oxygen atoms in total. The van der Waals surface area contributed by atoms with Crippen LogP contribution in [0.25, 0.3) is 39.9 Å². The van der Waals surface area contributed by atoms with Crippen LogP contribution < -0.4 is 10.6 Å². The van der Waals surface area contributed by atoms with Crippen LogP contribution in [0.4, 0.5) is 0 Å². The molecule has 0 unspecified atom stereocenters. The molecule has 0 radical (unpaired) electrons. The summed E-state index contributed by atoms with van der Waals surface area (Å²) in [7, 11) is 0. The molecule has 1 aliphatic carbocycles. The smallest absolute Gasteiger partial charge is 0.0540 e. The first kappa shape index (κ1) is 20.2.